The number of phenols is 1. The maximum absolute atomic E-state index is 10.5. The van der Waals surface area contributed by atoms with Crippen LogP contribution in [0.25, 0.3) is 10.9 Å². The first kappa shape index (κ1) is 22.5. The zero-order valence-electron chi connectivity index (χ0n) is 17.9. The number of carboxylic acids is 1. The van der Waals surface area contributed by atoms with Gasteiger partial charge in [0.1, 0.15) is 24.5 Å². The fourth-order valence-electron chi connectivity index (χ4n) is 3.01. The highest BCUT2D eigenvalue weighted by atomic mass is 16.5. The molecule has 0 amide bonds. The van der Waals surface area contributed by atoms with E-state index in [1.807, 2.05) is 12.1 Å². The van der Waals surface area contributed by atoms with Gasteiger partial charge in [0.05, 0.1) is 25.3 Å². The van der Waals surface area contributed by atoms with Crippen LogP contribution in [0.5, 0.6) is 5.75 Å². The Hall–Kier alpha value is -3.23. The molecule has 0 saturated carbocycles. The average Bonchev–Trinajstić information content (AvgIpc) is 2.71. The van der Waals surface area contributed by atoms with Crippen LogP contribution in [0.15, 0.2) is 42.7 Å². The summed E-state index contributed by atoms with van der Waals surface area (Å²) in [6, 6.07) is 11.5. The number of rotatable bonds is 9. The van der Waals surface area contributed by atoms with Gasteiger partial charge in [0.2, 0.25) is 0 Å². The van der Waals surface area contributed by atoms with Gasteiger partial charge in [-0.25, -0.2) is 14.8 Å². The summed E-state index contributed by atoms with van der Waals surface area (Å²) in [5.74, 6) is -0.359. The molecule has 0 aliphatic heterocycles. The zero-order valence-corrected chi connectivity index (χ0v) is 17.9. The summed E-state index contributed by atoms with van der Waals surface area (Å²) in [6.45, 7) is 6.63. The van der Waals surface area contributed by atoms with E-state index in [0.29, 0.717) is 22.3 Å². The molecule has 0 unspecified atom stereocenters. The van der Waals surface area contributed by atoms with Crippen LogP contribution in [-0.4, -0.2) is 46.0 Å². The quantitative estimate of drug-likeness (QED) is 0.441. The van der Waals surface area contributed by atoms with Gasteiger partial charge in [0, 0.05) is 16.6 Å². The highest BCUT2D eigenvalue weighted by Crippen LogP contribution is 2.31. The van der Waals surface area contributed by atoms with E-state index >= 15 is 0 Å². The third-order valence-corrected chi connectivity index (χ3v) is 4.68. The molecule has 31 heavy (non-hydrogen) atoms. The maximum Gasteiger partial charge on any atom is 0.329 e. The molecule has 8 heteroatoms. The Kier molecular flexibility index (Phi) is 7.04. The number of carbonyl (C=O) groups is 1. The first-order valence-corrected chi connectivity index (χ1v) is 9.95. The molecule has 0 fully saturated rings. The largest absolute Gasteiger partial charge is 0.508 e. The minimum absolute atomic E-state index is 0.0251. The van der Waals surface area contributed by atoms with Crippen molar-refractivity contribution >= 4 is 28.4 Å². The number of carboxylic acid groups (broad SMARTS) is 1. The molecule has 0 aliphatic rings. The van der Waals surface area contributed by atoms with Crippen LogP contribution < -0.4 is 5.32 Å². The van der Waals surface area contributed by atoms with Gasteiger partial charge < -0.3 is 25.0 Å². The summed E-state index contributed by atoms with van der Waals surface area (Å²) in [5.41, 5.74) is 3.37. The van der Waals surface area contributed by atoms with Crippen LogP contribution in [0, 0.1) is 0 Å². The van der Waals surface area contributed by atoms with Crippen LogP contribution in [0.1, 0.15) is 31.9 Å². The van der Waals surface area contributed by atoms with Crippen molar-refractivity contribution in [3.05, 3.63) is 53.9 Å². The molecule has 0 atom stereocenters. The lowest BCUT2D eigenvalue weighted by molar-refractivity contribution is -0.142. The molecule has 164 valence electrons. The first-order valence-electron chi connectivity index (χ1n) is 9.95. The van der Waals surface area contributed by atoms with Crippen LogP contribution in [-0.2, 0) is 26.3 Å². The number of anilines is 2. The van der Waals surface area contributed by atoms with E-state index in [2.05, 4.69) is 48.2 Å². The van der Waals surface area contributed by atoms with Crippen molar-refractivity contribution in [2.75, 3.05) is 25.1 Å². The van der Waals surface area contributed by atoms with Gasteiger partial charge in [-0.2, -0.15) is 0 Å². The Morgan fingerprint density at radius 2 is 1.87 bits per heavy atom. The molecular formula is C23H27N3O5. The molecule has 8 nitrogen and oxygen atoms in total. The standard InChI is InChI=1S/C23H27N3O5/c1-23(2,3)16-5-4-6-17(10-16)26-22-18-11-20(27)15(9-19(18)24-14-25-22)12-30-7-8-31-13-21(28)29/h4-6,9-11,14,27H,7-8,12-13H2,1-3H3,(H,28,29)(H,24,25,26). The highest BCUT2D eigenvalue weighted by Gasteiger charge is 2.15. The van der Waals surface area contributed by atoms with E-state index < -0.39 is 5.97 Å². The Balaban J connectivity index is 1.73. The van der Waals surface area contributed by atoms with E-state index in [1.165, 1.54) is 11.9 Å². The van der Waals surface area contributed by atoms with E-state index in [4.69, 9.17) is 14.6 Å². The molecule has 0 radical (unpaired) electrons. The number of aromatic hydroxyl groups is 1. The molecule has 3 rings (SSSR count). The molecule has 0 bridgehead atoms. The lowest BCUT2D eigenvalue weighted by atomic mass is 9.87. The van der Waals surface area contributed by atoms with Crippen molar-refractivity contribution in [1.82, 2.24) is 9.97 Å². The number of phenolic OH excluding ortho intramolecular Hbond substituents is 1. The topological polar surface area (TPSA) is 114 Å². The number of nitrogens with one attached hydrogen (secondary N) is 1. The molecule has 0 aliphatic carbocycles. The number of aromatic nitrogens is 2. The van der Waals surface area contributed by atoms with Crippen molar-refractivity contribution < 1.29 is 24.5 Å². The van der Waals surface area contributed by atoms with Crippen molar-refractivity contribution in [1.29, 1.82) is 0 Å². The lowest BCUT2D eigenvalue weighted by Crippen LogP contribution is -2.11. The van der Waals surface area contributed by atoms with Gasteiger partial charge in [0.15, 0.2) is 0 Å². The molecule has 2 aromatic carbocycles. The number of nitrogens with zero attached hydrogens (tertiary/aromatic N) is 2. The van der Waals surface area contributed by atoms with Gasteiger partial charge in [0.25, 0.3) is 0 Å². The monoisotopic (exact) mass is 425 g/mol. The summed E-state index contributed by atoms with van der Waals surface area (Å²) < 4.78 is 10.4. The van der Waals surface area contributed by atoms with Gasteiger partial charge in [-0.15, -0.1) is 0 Å². The van der Waals surface area contributed by atoms with Crippen molar-refractivity contribution in [2.45, 2.75) is 32.8 Å². The fourth-order valence-corrected chi connectivity index (χ4v) is 3.01. The third kappa shape index (κ3) is 6.13. The summed E-state index contributed by atoms with van der Waals surface area (Å²) in [6.07, 6.45) is 1.47. The number of ether oxygens (including phenoxy) is 2. The van der Waals surface area contributed by atoms with E-state index in [0.717, 1.165) is 5.69 Å². The zero-order chi connectivity index (χ0) is 22.4. The Bertz CT molecular complexity index is 1060. The molecule has 0 saturated heterocycles. The fraction of sp³-hybridized carbons (Fsp3) is 0.348. The normalized spacial score (nSPS) is 11.6. The van der Waals surface area contributed by atoms with Crippen LogP contribution in [0.4, 0.5) is 11.5 Å². The predicted octanol–water partition coefficient (Wildman–Crippen LogP) is 3.99. The summed E-state index contributed by atoms with van der Waals surface area (Å²) >= 11 is 0. The Labute approximate surface area is 180 Å². The van der Waals surface area contributed by atoms with Crippen molar-refractivity contribution in [2.24, 2.45) is 0 Å². The Morgan fingerprint density at radius 3 is 2.61 bits per heavy atom. The molecular weight excluding hydrogens is 398 g/mol. The van der Waals surface area contributed by atoms with Crippen LogP contribution >= 0.6 is 0 Å². The second kappa shape index (κ2) is 9.72. The number of hydrogen-bond acceptors (Lipinski definition) is 7. The van der Waals surface area contributed by atoms with Crippen LogP contribution in [0.3, 0.4) is 0 Å². The number of aliphatic carboxylic acids is 1. The smallest absolute Gasteiger partial charge is 0.329 e. The Morgan fingerprint density at radius 1 is 1.10 bits per heavy atom. The third-order valence-electron chi connectivity index (χ3n) is 4.68. The molecule has 1 heterocycles. The van der Waals surface area contributed by atoms with Crippen molar-refractivity contribution in [3.8, 4) is 5.75 Å². The molecule has 3 N–H and O–H groups in total. The summed E-state index contributed by atoms with van der Waals surface area (Å²) in [5, 5.41) is 23.0. The van der Waals surface area contributed by atoms with Crippen LogP contribution in [0.2, 0.25) is 0 Å². The van der Waals surface area contributed by atoms with Gasteiger partial charge in [-0.1, -0.05) is 32.9 Å². The highest BCUT2D eigenvalue weighted by molar-refractivity contribution is 5.92. The van der Waals surface area contributed by atoms with E-state index in [9.17, 15) is 9.90 Å². The number of hydrogen-bond donors (Lipinski definition) is 3. The van der Waals surface area contributed by atoms with Gasteiger partial charge in [-0.05, 0) is 35.2 Å². The molecule has 0 spiro atoms. The summed E-state index contributed by atoms with van der Waals surface area (Å²) in [4.78, 5) is 19.1. The second-order valence-electron chi connectivity index (χ2n) is 8.18. The van der Waals surface area contributed by atoms with E-state index in [-0.39, 0.29) is 37.6 Å². The predicted molar refractivity (Wildman–Crippen MR) is 118 cm³/mol. The van der Waals surface area contributed by atoms with E-state index in [1.54, 1.807) is 12.1 Å². The minimum Gasteiger partial charge on any atom is -0.508 e. The second-order valence-corrected chi connectivity index (χ2v) is 8.18. The van der Waals surface area contributed by atoms with Gasteiger partial charge >= 0.3 is 5.97 Å². The number of fused-ring (bicyclic) bond motifs is 1. The summed E-state index contributed by atoms with van der Waals surface area (Å²) in [7, 11) is 0. The number of benzene rings is 2. The molecule has 3 aromatic rings. The van der Waals surface area contributed by atoms with Gasteiger partial charge in [-0.3, -0.25) is 0 Å². The van der Waals surface area contributed by atoms with Crippen molar-refractivity contribution in [3.63, 3.8) is 0 Å². The lowest BCUT2D eigenvalue weighted by Gasteiger charge is -2.20. The average molecular weight is 425 g/mol. The minimum atomic E-state index is -1.03. The SMILES string of the molecule is CC(C)(C)c1cccc(Nc2ncnc3cc(COCCOCC(=O)O)c(O)cc23)c1. The molecule has 1 aromatic heterocycles. The maximum atomic E-state index is 10.5. The first-order chi connectivity index (χ1) is 14.7.